The second-order valence-corrected chi connectivity index (χ2v) is 5.72. The minimum atomic E-state index is -0.822. The lowest BCUT2D eigenvalue weighted by Crippen LogP contribution is -2.43. The van der Waals surface area contributed by atoms with Gasteiger partial charge in [-0.15, -0.1) is 0 Å². The number of ether oxygens (including phenoxy) is 1. The van der Waals surface area contributed by atoms with Crippen molar-refractivity contribution in [1.82, 2.24) is 0 Å². The number of carbonyl (C=O) groups is 1. The van der Waals surface area contributed by atoms with E-state index in [9.17, 15) is 9.90 Å². The smallest absolute Gasteiger partial charge is 0.314 e. The first-order valence-corrected chi connectivity index (χ1v) is 6.81. The Morgan fingerprint density at radius 1 is 1.21 bits per heavy atom. The van der Waals surface area contributed by atoms with Crippen LogP contribution in [-0.2, 0) is 10.2 Å². The van der Waals surface area contributed by atoms with Gasteiger partial charge in [0.1, 0.15) is 5.75 Å². The average molecular weight is 283 g/mol. The number of benzene rings is 1. The fraction of sp³-hybridized carbons (Fsp3) is 0.533. The quantitative estimate of drug-likeness (QED) is 0.918. The van der Waals surface area contributed by atoms with Crippen molar-refractivity contribution in [3.8, 4) is 5.75 Å². The molecule has 0 spiro atoms. The lowest BCUT2D eigenvalue weighted by atomic mass is 9.62. The number of carboxylic acid groups (broad SMARTS) is 1. The van der Waals surface area contributed by atoms with Gasteiger partial charge in [-0.1, -0.05) is 18.0 Å². The Kier molecular flexibility index (Phi) is 3.52. The SMILES string of the molecule is COc1c(C)c(C)c(Cl)c(C)c1C1(C(=O)O)CCC1. The maximum Gasteiger partial charge on any atom is 0.314 e. The number of carboxylic acids is 1. The first kappa shape index (κ1) is 14.2. The highest BCUT2D eigenvalue weighted by atomic mass is 35.5. The largest absolute Gasteiger partial charge is 0.496 e. The van der Waals surface area contributed by atoms with Gasteiger partial charge in [0.05, 0.1) is 12.5 Å². The molecule has 1 aliphatic rings. The molecular formula is C15H19ClO3. The van der Waals surface area contributed by atoms with Crippen molar-refractivity contribution in [3.05, 3.63) is 27.3 Å². The van der Waals surface area contributed by atoms with Gasteiger partial charge in [-0.05, 0) is 50.3 Å². The molecule has 19 heavy (non-hydrogen) atoms. The molecule has 0 aliphatic heterocycles. The summed E-state index contributed by atoms with van der Waals surface area (Å²) in [5, 5.41) is 10.3. The summed E-state index contributed by atoms with van der Waals surface area (Å²) in [5.74, 6) is -0.0963. The third-order valence-corrected chi connectivity index (χ3v) is 5.03. The van der Waals surface area contributed by atoms with Crippen molar-refractivity contribution < 1.29 is 14.6 Å². The molecule has 1 aliphatic carbocycles. The molecule has 0 bridgehead atoms. The minimum absolute atomic E-state index is 0.651. The summed E-state index contributed by atoms with van der Waals surface area (Å²) >= 11 is 6.36. The maximum absolute atomic E-state index is 11.7. The van der Waals surface area contributed by atoms with Gasteiger partial charge < -0.3 is 9.84 Å². The van der Waals surface area contributed by atoms with Gasteiger partial charge in [0.25, 0.3) is 0 Å². The number of halogens is 1. The minimum Gasteiger partial charge on any atom is -0.496 e. The molecule has 1 aromatic rings. The van der Waals surface area contributed by atoms with Crippen LogP contribution in [0, 0.1) is 20.8 Å². The molecule has 1 aromatic carbocycles. The summed E-state index contributed by atoms with van der Waals surface area (Å²) in [5.41, 5.74) is 2.67. The molecule has 0 atom stereocenters. The van der Waals surface area contributed by atoms with Crippen LogP contribution >= 0.6 is 11.6 Å². The molecule has 104 valence electrons. The number of aliphatic carboxylic acids is 1. The zero-order chi connectivity index (χ0) is 14.4. The van der Waals surface area contributed by atoms with Gasteiger partial charge in [0.15, 0.2) is 0 Å². The van der Waals surface area contributed by atoms with Crippen LogP contribution in [0.15, 0.2) is 0 Å². The number of rotatable bonds is 3. The van der Waals surface area contributed by atoms with Crippen LogP contribution in [0.25, 0.3) is 0 Å². The molecule has 4 heteroatoms. The average Bonchev–Trinajstić information content (AvgIpc) is 2.31. The van der Waals surface area contributed by atoms with Gasteiger partial charge in [-0.3, -0.25) is 4.79 Å². The molecule has 0 radical (unpaired) electrons. The van der Waals surface area contributed by atoms with Gasteiger partial charge in [-0.25, -0.2) is 0 Å². The Labute approximate surface area is 118 Å². The highest BCUT2D eigenvalue weighted by molar-refractivity contribution is 6.32. The third kappa shape index (κ3) is 1.83. The molecule has 0 amide bonds. The van der Waals surface area contributed by atoms with Gasteiger partial charge in [0.2, 0.25) is 0 Å². The number of hydrogen-bond acceptors (Lipinski definition) is 2. The first-order valence-electron chi connectivity index (χ1n) is 6.44. The van der Waals surface area contributed by atoms with Crippen LogP contribution in [0.1, 0.15) is 41.5 Å². The summed E-state index contributed by atoms with van der Waals surface area (Å²) in [7, 11) is 1.59. The fourth-order valence-corrected chi connectivity index (χ4v) is 3.25. The predicted octanol–water partition coefficient (Wildman–Crippen LogP) is 3.78. The van der Waals surface area contributed by atoms with E-state index in [1.807, 2.05) is 20.8 Å². The van der Waals surface area contributed by atoms with Crippen LogP contribution in [0.3, 0.4) is 0 Å². The number of hydrogen-bond donors (Lipinski definition) is 1. The van der Waals surface area contributed by atoms with Crippen LogP contribution in [0.4, 0.5) is 0 Å². The van der Waals surface area contributed by atoms with Crippen molar-refractivity contribution in [1.29, 1.82) is 0 Å². The maximum atomic E-state index is 11.7. The monoisotopic (exact) mass is 282 g/mol. The van der Waals surface area contributed by atoms with Crippen LogP contribution in [-0.4, -0.2) is 18.2 Å². The van der Waals surface area contributed by atoms with E-state index in [-0.39, 0.29) is 0 Å². The Morgan fingerprint density at radius 2 is 1.79 bits per heavy atom. The highest BCUT2D eigenvalue weighted by Gasteiger charge is 2.49. The van der Waals surface area contributed by atoms with Crippen molar-refractivity contribution in [2.24, 2.45) is 0 Å². The van der Waals surface area contributed by atoms with Crippen molar-refractivity contribution in [3.63, 3.8) is 0 Å². The summed E-state index contributed by atoms with van der Waals surface area (Å²) in [4.78, 5) is 11.7. The Hall–Kier alpha value is -1.22. The Bertz CT molecular complexity index is 545. The van der Waals surface area contributed by atoms with Crippen LogP contribution in [0.5, 0.6) is 5.75 Å². The molecule has 1 fully saturated rings. The predicted molar refractivity (Wildman–Crippen MR) is 75.4 cm³/mol. The molecule has 2 rings (SSSR count). The van der Waals surface area contributed by atoms with E-state index < -0.39 is 11.4 Å². The van der Waals surface area contributed by atoms with Gasteiger partial charge in [-0.2, -0.15) is 0 Å². The lowest BCUT2D eigenvalue weighted by molar-refractivity contribution is -0.147. The van der Waals surface area contributed by atoms with Crippen molar-refractivity contribution >= 4 is 17.6 Å². The number of methoxy groups -OCH3 is 1. The molecule has 1 N–H and O–H groups in total. The molecule has 0 saturated heterocycles. The molecule has 1 saturated carbocycles. The fourth-order valence-electron chi connectivity index (χ4n) is 3.02. The lowest BCUT2D eigenvalue weighted by Gasteiger charge is -2.40. The Morgan fingerprint density at radius 3 is 2.16 bits per heavy atom. The molecule has 0 heterocycles. The second kappa shape index (κ2) is 4.71. The second-order valence-electron chi connectivity index (χ2n) is 5.34. The summed E-state index contributed by atoms with van der Waals surface area (Å²) in [6.45, 7) is 5.75. The van der Waals surface area contributed by atoms with Gasteiger partial charge >= 0.3 is 5.97 Å². The zero-order valence-electron chi connectivity index (χ0n) is 11.8. The van der Waals surface area contributed by atoms with Crippen LogP contribution in [0.2, 0.25) is 5.02 Å². The van der Waals surface area contributed by atoms with Crippen molar-refractivity contribution in [2.75, 3.05) is 7.11 Å². The van der Waals surface area contributed by atoms with E-state index in [0.29, 0.717) is 23.6 Å². The third-order valence-electron chi connectivity index (χ3n) is 4.46. The summed E-state index contributed by atoms with van der Waals surface area (Å²) in [6, 6.07) is 0. The van der Waals surface area contributed by atoms with E-state index in [1.165, 1.54) is 0 Å². The molecule has 0 unspecified atom stereocenters. The first-order chi connectivity index (χ1) is 8.86. The van der Waals surface area contributed by atoms with Crippen LogP contribution < -0.4 is 4.74 Å². The van der Waals surface area contributed by atoms with Gasteiger partial charge in [0, 0.05) is 10.6 Å². The molecule has 0 aromatic heterocycles. The van der Waals surface area contributed by atoms with E-state index in [4.69, 9.17) is 16.3 Å². The van der Waals surface area contributed by atoms with E-state index in [1.54, 1.807) is 7.11 Å². The van der Waals surface area contributed by atoms with E-state index >= 15 is 0 Å². The standard InChI is InChI=1S/C15H19ClO3/c1-8-9(2)13(19-4)11(10(3)12(8)16)15(14(17)18)6-5-7-15/h5-7H2,1-4H3,(H,17,18). The van der Waals surface area contributed by atoms with E-state index in [0.717, 1.165) is 28.7 Å². The topological polar surface area (TPSA) is 46.5 Å². The van der Waals surface area contributed by atoms with Crippen molar-refractivity contribution in [2.45, 2.75) is 45.4 Å². The zero-order valence-corrected chi connectivity index (χ0v) is 12.5. The summed E-state index contributed by atoms with van der Waals surface area (Å²) in [6.07, 6.45) is 2.23. The summed E-state index contributed by atoms with van der Waals surface area (Å²) < 4.78 is 5.50. The Balaban J connectivity index is 2.79. The molecule has 3 nitrogen and oxygen atoms in total. The van der Waals surface area contributed by atoms with E-state index in [2.05, 4.69) is 0 Å². The highest BCUT2D eigenvalue weighted by Crippen LogP contribution is 2.51. The molecular weight excluding hydrogens is 264 g/mol. The normalized spacial score (nSPS) is 16.9.